The SMILES string of the molecule is CNCCC(=O)NCc1ccc(Oc2cccc(OC)c2)nc1. The number of nitrogens with one attached hydrogen (secondary N) is 2. The van der Waals surface area contributed by atoms with E-state index in [2.05, 4.69) is 15.6 Å². The molecule has 0 spiro atoms. The predicted molar refractivity (Wildman–Crippen MR) is 87.7 cm³/mol. The van der Waals surface area contributed by atoms with E-state index in [1.54, 1.807) is 25.4 Å². The summed E-state index contributed by atoms with van der Waals surface area (Å²) in [5.74, 6) is 1.88. The molecule has 1 heterocycles. The number of ether oxygens (including phenoxy) is 2. The number of amides is 1. The van der Waals surface area contributed by atoms with Crippen LogP contribution in [0.5, 0.6) is 17.4 Å². The van der Waals surface area contributed by atoms with Gasteiger partial charge in [-0.25, -0.2) is 4.98 Å². The highest BCUT2D eigenvalue weighted by molar-refractivity contribution is 5.76. The molecule has 0 atom stereocenters. The van der Waals surface area contributed by atoms with Crippen LogP contribution in [0.3, 0.4) is 0 Å². The Morgan fingerprint density at radius 1 is 1.22 bits per heavy atom. The normalized spacial score (nSPS) is 10.2. The quantitative estimate of drug-likeness (QED) is 0.780. The molecule has 2 aromatic rings. The number of carbonyl (C=O) groups excluding carboxylic acids is 1. The van der Waals surface area contributed by atoms with Crippen LogP contribution in [0.15, 0.2) is 42.6 Å². The summed E-state index contributed by atoms with van der Waals surface area (Å²) in [4.78, 5) is 15.8. The third-order valence-electron chi connectivity index (χ3n) is 3.15. The van der Waals surface area contributed by atoms with Gasteiger partial charge < -0.3 is 20.1 Å². The third-order valence-corrected chi connectivity index (χ3v) is 3.15. The van der Waals surface area contributed by atoms with E-state index in [1.807, 2.05) is 31.3 Å². The Morgan fingerprint density at radius 3 is 2.74 bits per heavy atom. The van der Waals surface area contributed by atoms with E-state index >= 15 is 0 Å². The summed E-state index contributed by atoms with van der Waals surface area (Å²) >= 11 is 0. The van der Waals surface area contributed by atoms with Crippen molar-refractivity contribution < 1.29 is 14.3 Å². The number of hydrogen-bond donors (Lipinski definition) is 2. The zero-order valence-corrected chi connectivity index (χ0v) is 13.3. The fourth-order valence-electron chi connectivity index (χ4n) is 1.89. The maximum Gasteiger partial charge on any atom is 0.221 e. The molecule has 0 radical (unpaired) electrons. The molecule has 0 aliphatic heterocycles. The molecule has 0 saturated heterocycles. The zero-order valence-electron chi connectivity index (χ0n) is 13.3. The molecular weight excluding hydrogens is 294 g/mol. The van der Waals surface area contributed by atoms with E-state index in [0.29, 0.717) is 31.1 Å². The fraction of sp³-hybridized carbons (Fsp3) is 0.294. The van der Waals surface area contributed by atoms with Crippen molar-refractivity contribution in [3.05, 3.63) is 48.2 Å². The van der Waals surface area contributed by atoms with Gasteiger partial charge in [0.25, 0.3) is 0 Å². The summed E-state index contributed by atoms with van der Waals surface area (Å²) in [6, 6.07) is 11.0. The average Bonchev–Trinajstić information content (AvgIpc) is 2.59. The Morgan fingerprint density at radius 2 is 2.04 bits per heavy atom. The van der Waals surface area contributed by atoms with Crippen molar-refractivity contribution in [2.24, 2.45) is 0 Å². The summed E-state index contributed by atoms with van der Waals surface area (Å²) < 4.78 is 10.8. The second-order valence-electron chi connectivity index (χ2n) is 4.92. The lowest BCUT2D eigenvalue weighted by Crippen LogP contribution is -2.26. The highest BCUT2D eigenvalue weighted by atomic mass is 16.5. The third kappa shape index (κ3) is 5.60. The number of pyridine rings is 1. The smallest absolute Gasteiger partial charge is 0.221 e. The van der Waals surface area contributed by atoms with Crippen LogP contribution in [0.2, 0.25) is 0 Å². The highest BCUT2D eigenvalue weighted by Crippen LogP contribution is 2.23. The lowest BCUT2D eigenvalue weighted by atomic mass is 10.2. The van der Waals surface area contributed by atoms with Crippen molar-refractivity contribution in [1.82, 2.24) is 15.6 Å². The van der Waals surface area contributed by atoms with Gasteiger partial charge in [-0.1, -0.05) is 12.1 Å². The minimum Gasteiger partial charge on any atom is -0.497 e. The van der Waals surface area contributed by atoms with Crippen LogP contribution in [0.1, 0.15) is 12.0 Å². The van der Waals surface area contributed by atoms with Crippen molar-refractivity contribution in [3.63, 3.8) is 0 Å². The van der Waals surface area contributed by atoms with E-state index in [-0.39, 0.29) is 5.91 Å². The molecule has 0 saturated carbocycles. The van der Waals surface area contributed by atoms with Gasteiger partial charge in [0.1, 0.15) is 11.5 Å². The van der Waals surface area contributed by atoms with Gasteiger partial charge >= 0.3 is 0 Å². The lowest BCUT2D eigenvalue weighted by molar-refractivity contribution is -0.121. The summed E-state index contributed by atoms with van der Waals surface area (Å²) in [5.41, 5.74) is 0.917. The van der Waals surface area contributed by atoms with E-state index in [1.165, 1.54) is 0 Å². The van der Waals surface area contributed by atoms with Crippen LogP contribution in [0, 0.1) is 0 Å². The van der Waals surface area contributed by atoms with Gasteiger partial charge in [0.05, 0.1) is 7.11 Å². The van der Waals surface area contributed by atoms with E-state index in [0.717, 1.165) is 11.3 Å². The molecule has 1 aromatic heterocycles. The first-order valence-corrected chi connectivity index (χ1v) is 7.39. The molecule has 1 aromatic carbocycles. The van der Waals surface area contributed by atoms with Crippen LogP contribution < -0.4 is 20.1 Å². The summed E-state index contributed by atoms with van der Waals surface area (Å²) in [7, 11) is 3.43. The van der Waals surface area contributed by atoms with Crippen LogP contribution in [-0.2, 0) is 11.3 Å². The molecule has 23 heavy (non-hydrogen) atoms. The Labute approximate surface area is 135 Å². The molecule has 6 nitrogen and oxygen atoms in total. The summed E-state index contributed by atoms with van der Waals surface area (Å²) in [5, 5.41) is 5.78. The maximum atomic E-state index is 11.5. The lowest BCUT2D eigenvalue weighted by Gasteiger charge is -2.08. The van der Waals surface area contributed by atoms with Crippen molar-refractivity contribution in [2.45, 2.75) is 13.0 Å². The minimum atomic E-state index is 0.0102. The molecule has 0 fully saturated rings. The first kappa shape index (κ1) is 16.8. The van der Waals surface area contributed by atoms with E-state index < -0.39 is 0 Å². The van der Waals surface area contributed by atoms with E-state index in [4.69, 9.17) is 9.47 Å². The standard InChI is InChI=1S/C17H21N3O3/c1-18-9-8-16(21)19-11-13-6-7-17(20-12-13)23-15-5-3-4-14(10-15)22-2/h3-7,10,12,18H,8-9,11H2,1-2H3,(H,19,21). The van der Waals surface area contributed by atoms with Crippen LogP contribution >= 0.6 is 0 Å². The number of aromatic nitrogens is 1. The number of methoxy groups -OCH3 is 1. The molecule has 0 bridgehead atoms. The van der Waals surface area contributed by atoms with Gasteiger partial charge in [-0.2, -0.15) is 0 Å². The number of nitrogens with zero attached hydrogens (tertiary/aromatic N) is 1. The molecule has 0 aliphatic carbocycles. The summed E-state index contributed by atoms with van der Waals surface area (Å²) in [6.45, 7) is 1.12. The summed E-state index contributed by atoms with van der Waals surface area (Å²) in [6.07, 6.45) is 2.15. The molecular formula is C17H21N3O3. The van der Waals surface area contributed by atoms with Crippen molar-refractivity contribution in [2.75, 3.05) is 20.7 Å². The second-order valence-corrected chi connectivity index (χ2v) is 4.92. The minimum absolute atomic E-state index is 0.0102. The second kappa shape index (κ2) is 8.75. The van der Waals surface area contributed by atoms with Gasteiger partial charge in [-0.15, -0.1) is 0 Å². The van der Waals surface area contributed by atoms with Crippen molar-refractivity contribution in [1.29, 1.82) is 0 Å². The largest absolute Gasteiger partial charge is 0.497 e. The number of hydrogen-bond acceptors (Lipinski definition) is 5. The number of carbonyl (C=O) groups is 1. The zero-order chi connectivity index (χ0) is 16.5. The topological polar surface area (TPSA) is 72.5 Å². The molecule has 6 heteroatoms. The fourth-order valence-corrected chi connectivity index (χ4v) is 1.89. The molecule has 122 valence electrons. The first-order valence-electron chi connectivity index (χ1n) is 7.39. The average molecular weight is 315 g/mol. The van der Waals surface area contributed by atoms with Crippen molar-refractivity contribution >= 4 is 5.91 Å². The molecule has 0 unspecified atom stereocenters. The number of rotatable bonds is 8. The maximum absolute atomic E-state index is 11.5. The van der Waals surface area contributed by atoms with Crippen LogP contribution in [0.4, 0.5) is 0 Å². The van der Waals surface area contributed by atoms with Gasteiger partial charge in [-0.3, -0.25) is 4.79 Å². The van der Waals surface area contributed by atoms with Gasteiger partial charge in [-0.05, 0) is 24.7 Å². The highest BCUT2D eigenvalue weighted by Gasteiger charge is 2.03. The Kier molecular flexibility index (Phi) is 6.38. The molecule has 1 amide bonds. The Balaban J connectivity index is 1.87. The van der Waals surface area contributed by atoms with E-state index in [9.17, 15) is 4.79 Å². The van der Waals surface area contributed by atoms with Crippen LogP contribution in [-0.4, -0.2) is 31.6 Å². The molecule has 0 aliphatic rings. The Bertz CT molecular complexity index is 629. The Hall–Kier alpha value is -2.60. The van der Waals surface area contributed by atoms with Gasteiger partial charge in [0.2, 0.25) is 11.8 Å². The monoisotopic (exact) mass is 315 g/mol. The van der Waals surface area contributed by atoms with Crippen LogP contribution in [0.25, 0.3) is 0 Å². The first-order chi connectivity index (χ1) is 11.2. The van der Waals surface area contributed by atoms with Gasteiger partial charge in [0, 0.05) is 37.8 Å². The predicted octanol–water partition coefficient (Wildman–Crippen LogP) is 2.11. The van der Waals surface area contributed by atoms with Crippen molar-refractivity contribution in [3.8, 4) is 17.4 Å². The molecule has 2 rings (SSSR count). The van der Waals surface area contributed by atoms with Gasteiger partial charge in [0.15, 0.2) is 0 Å². The molecule has 2 N–H and O–H groups in total. The number of benzene rings is 1.